The number of anilines is 1. The first-order valence-electron chi connectivity index (χ1n) is 11.4. The van der Waals surface area contributed by atoms with Crippen LogP contribution < -0.4 is 10.6 Å². The van der Waals surface area contributed by atoms with Crippen LogP contribution in [0.5, 0.6) is 0 Å². The maximum Gasteiger partial charge on any atom is 0.251 e. The lowest BCUT2D eigenvalue weighted by Gasteiger charge is -2.17. The Labute approximate surface area is 201 Å². The lowest BCUT2D eigenvalue weighted by atomic mass is 10.0. The number of amides is 2. The predicted molar refractivity (Wildman–Crippen MR) is 135 cm³/mol. The maximum absolute atomic E-state index is 14.7. The minimum absolute atomic E-state index is 0.00333. The first-order valence-corrected chi connectivity index (χ1v) is 12.2. The molecule has 9 heteroatoms. The van der Waals surface area contributed by atoms with Crippen molar-refractivity contribution < 1.29 is 14.0 Å². The van der Waals surface area contributed by atoms with Crippen molar-refractivity contribution in [2.75, 3.05) is 32.0 Å². The molecule has 0 aliphatic heterocycles. The fourth-order valence-electron chi connectivity index (χ4n) is 4.03. The zero-order valence-corrected chi connectivity index (χ0v) is 20.3. The summed E-state index contributed by atoms with van der Waals surface area (Å²) in [4.78, 5) is 32.2. The van der Waals surface area contributed by atoms with Crippen LogP contribution in [0.25, 0.3) is 26.4 Å². The van der Waals surface area contributed by atoms with Gasteiger partial charge in [0.1, 0.15) is 5.82 Å². The quantitative estimate of drug-likeness (QED) is 0.361. The van der Waals surface area contributed by atoms with E-state index in [2.05, 4.69) is 34.4 Å². The van der Waals surface area contributed by atoms with Gasteiger partial charge in [0.25, 0.3) is 5.91 Å². The Morgan fingerprint density at radius 2 is 1.97 bits per heavy atom. The molecule has 4 rings (SSSR count). The van der Waals surface area contributed by atoms with E-state index in [9.17, 15) is 14.0 Å². The number of halogens is 1. The second kappa shape index (κ2) is 10.3. The molecule has 0 aliphatic carbocycles. The largest absolute Gasteiger partial charge is 0.355 e. The molecule has 0 atom stereocenters. The summed E-state index contributed by atoms with van der Waals surface area (Å²) in [5.41, 5.74) is 2.45. The normalized spacial score (nSPS) is 11.4. The molecule has 2 aromatic heterocycles. The highest BCUT2D eigenvalue weighted by atomic mass is 32.1. The summed E-state index contributed by atoms with van der Waals surface area (Å²) in [7, 11) is 1.51. The van der Waals surface area contributed by atoms with E-state index in [1.54, 1.807) is 12.3 Å². The number of hydrogen-bond donors (Lipinski definition) is 2. The van der Waals surface area contributed by atoms with Crippen LogP contribution in [0.3, 0.4) is 0 Å². The Balaban J connectivity index is 1.55. The molecule has 2 heterocycles. The number of hydrogen-bond acceptors (Lipinski definition) is 5. The van der Waals surface area contributed by atoms with Gasteiger partial charge in [0.15, 0.2) is 4.96 Å². The molecule has 2 aromatic carbocycles. The summed E-state index contributed by atoms with van der Waals surface area (Å²) in [6, 6.07) is 10.1. The molecule has 0 fully saturated rings. The summed E-state index contributed by atoms with van der Waals surface area (Å²) in [5, 5.41) is 5.52. The van der Waals surface area contributed by atoms with Crippen LogP contribution in [0.2, 0.25) is 0 Å². The predicted octanol–water partition coefficient (Wildman–Crippen LogP) is 4.78. The number of aromatic nitrogens is 2. The number of carbonyl (C=O) groups is 2. The van der Waals surface area contributed by atoms with Crippen molar-refractivity contribution in [3.8, 4) is 11.3 Å². The molecule has 0 aliphatic rings. The summed E-state index contributed by atoms with van der Waals surface area (Å²) < 4.78 is 17.5. The third-order valence-electron chi connectivity index (χ3n) is 5.89. The number of nitrogens with zero attached hydrogens (tertiary/aromatic N) is 3. The molecular weight excluding hydrogens is 453 g/mol. The number of rotatable bonds is 9. The third kappa shape index (κ3) is 4.80. The number of benzene rings is 2. The van der Waals surface area contributed by atoms with Crippen molar-refractivity contribution in [1.82, 2.24) is 19.6 Å². The molecule has 0 unspecified atom stereocenters. The van der Waals surface area contributed by atoms with Crippen LogP contribution in [-0.2, 0) is 4.79 Å². The maximum atomic E-state index is 14.7. The van der Waals surface area contributed by atoms with E-state index >= 15 is 0 Å². The summed E-state index contributed by atoms with van der Waals surface area (Å²) in [6.07, 6.45) is 3.03. The molecule has 0 saturated heterocycles. The lowest BCUT2D eigenvalue weighted by molar-refractivity contribution is -0.116. The Morgan fingerprint density at radius 1 is 1.18 bits per heavy atom. The Bertz CT molecular complexity index is 1340. The molecule has 0 saturated carbocycles. The monoisotopic (exact) mass is 481 g/mol. The van der Waals surface area contributed by atoms with E-state index in [-0.39, 0.29) is 22.9 Å². The molecule has 0 radical (unpaired) electrons. The molecule has 0 bridgehead atoms. The van der Waals surface area contributed by atoms with E-state index in [1.165, 1.54) is 30.5 Å². The molecule has 7 nitrogen and oxygen atoms in total. The second-order valence-electron chi connectivity index (χ2n) is 7.98. The van der Waals surface area contributed by atoms with Gasteiger partial charge in [-0.2, -0.15) is 0 Å². The molecule has 4 aromatic rings. The fourth-order valence-corrected chi connectivity index (χ4v) is 5.08. The van der Waals surface area contributed by atoms with Gasteiger partial charge in [-0.1, -0.05) is 31.3 Å². The van der Waals surface area contributed by atoms with Gasteiger partial charge in [-0.05, 0) is 56.4 Å². The van der Waals surface area contributed by atoms with Crippen molar-refractivity contribution in [1.29, 1.82) is 0 Å². The van der Waals surface area contributed by atoms with E-state index in [4.69, 9.17) is 0 Å². The van der Waals surface area contributed by atoms with Crippen molar-refractivity contribution in [3.63, 3.8) is 0 Å². The minimum atomic E-state index is -0.498. The van der Waals surface area contributed by atoms with Crippen LogP contribution in [0.1, 0.15) is 37.0 Å². The molecular formula is C25H28FN5O2S. The van der Waals surface area contributed by atoms with Crippen molar-refractivity contribution in [3.05, 3.63) is 54.0 Å². The Kier molecular flexibility index (Phi) is 7.23. The lowest BCUT2D eigenvalue weighted by Crippen LogP contribution is -2.25. The highest BCUT2D eigenvalue weighted by molar-refractivity contribution is 7.23. The number of fused-ring (bicyclic) bond motifs is 3. The first-order chi connectivity index (χ1) is 16.4. The van der Waals surface area contributed by atoms with E-state index < -0.39 is 5.82 Å². The average Bonchev–Trinajstić information content (AvgIpc) is 3.38. The zero-order valence-electron chi connectivity index (χ0n) is 19.5. The summed E-state index contributed by atoms with van der Waals surface area (Å²) >= 11 is 1.44. The van der Waals surface area contributed by atoms with E-state index in [1.807, 2.05) is 22.6 Å². The minimum Gasteiger partial charge on any atom is -0.355 e. The average molecular weight is 482 g/mol. The van der Waals surface area contributed by atoms with Crippen LogP contribution in [0.4, 0.5) is 10.1 Å². The van der Waals surface area contributed by atoms with Gasteiger partial charge in [0.2, 0.25) is 5.91 Å². The van der Waals surface area contributed by atoms with Gasteiger partial charge in [0.05, 0.1) is 27.0 Å². The number of thiazole rings is 1. The molecule has 178 valence electrons. The number of imidazole rings is 1. The summed E-state index contributed by atoms with van der Waals surface area (Å²) in [6.45, 7) is 7.13. The van der Waals surface area contributed by atoms with Gasteiger partial charge >= 0.3 is 0 Å². The fraction of sp³-hybridized carbons (Fsp3) is 0.320. The van der Waals surface area contributed by atoms with Gasteiger partial charge in [-0.25, -0.2) is 9.37 Å². The topological polar surface area (TPSA) is 78.7 Å². The van der Waals surface area contributed by atoms with Crippen molar-refractivity contribution in [2.24, 2.45) is 0 Å². The van der Waals surface area contributed by atoms with Crippen molar-refractivity contribution >= 4 is 44.0 Å². The molecule has 0 spiro atoms. The Hall–Kier alpha value is -3.30. The molecule has 2 amide bonds. The highest BCUT2D eigenvalue weighted by Crippen LogP contribution is 2.33. The molecule has 34 heavy (non-hydrogen) atoms. The van der Waals surface area contributed by atoms with E-state index in [0.29, 0.717) is 17.1 Å². The van der Waals surface area contributed by atoms with Crippen LogP contribution in [0, 0.1) is 5.82 Å². The van der Waals surface area contributed by atoms with Crippen LogP contribution in [0.15, 0.2) is 42.6 Å². The molecule has 2 N–H and O–H groups in total. The van der Waals surface area contributed by atoms with Crippen LogP contribution in [-0.4, -0.2) is 52.8 Å². The SMILES string of the molecule is CCN(CC)CCCC(=O)Nc1ccc2c(c1)sc1nc(-c3c(F)cccc3C(=O)NC)cn12. The third-order valence-corrected chi connectivity index (χ3v) is 6.91. The second-order valence-corrected chi connectivity index (χ2v) is 8.99. The summed E-state index contributed by atoms with van der Waals surface area (Å²) in [5.74, 6) is -0.869. The standard InChI is InChI=1S/C25H28FN5O2S/c1-4-30(5-2)13-7-10-22(32)28-16-11-12-20-21(14-16)34-25-29-19(15-31(20)25)23-17(24(33)27-3)8-6-9-18(23)26/h6,8-9,11-12,14-15H,4-5,7,10,13H2,1-3H3,(H,27,33)(H,28,32). The first kappa shape index (κ1) is 23.8. The van der Waals surface area contributed by atoms with Gasteiger partial charge in [-0.3, -0.25) is 14.0 Å². The highest BCUT2D eigenvalue weighted by Gasteiger charge is 2.20. The van der Waals surface area contributed by atoms with Crippen LogP contribution >= 0.6 is 11.3 Å². The van der Waals surface area contributed by atoms with Crippen molar-refractivity contribution in [2.45, 2.75) is 26.7 Å². The smallest absolute Gasteiger partial charge is 0.251 e. The van der Waals surface area contributed by atoms with E-state index in [0.717, 1.165) is 42.0 Å². The van der Waals surface area contributed by atoms with Gasteiger partial charge < -0.3 is 15.5 Å². The zero-order chi connectivity index (χ0) is 24.2. The van der Waals surface area contributed by atoms with Gasteiger partial charge in [0, 0.05) is 25.4 Å². The number of carbonyl (C=O) groups excluding carboxylic acids is 2. The number of nitrogens with one attached hydrogen (secondary N) is 2. The Morgan fingerprint density at radius 3 is 2.71 bits per heavy atom. The van der Waals surface area contributed by atoms with Gasteiger partial charge in [-0.15, -0.1) is 0 Å².